The minimum atomic E-state index is -0.242. The molecular formula is C16H15ClN4O2S. The highest BCUT2D eigenvalue weighted by atomic mass is 35.5. The molecule has 0 aliphatic carbocycles. The van der Waals surface area contributed by atoms with Crippen LogP contribution < -0.4 is 5.32 Å². The number of hydrogen-bond donors (Lipinski definition) is 1. The molecule has 0 aliphatic heterocycles. The van der Waals surface area contributed by atoms with Crippen molar-refractivity contribution in [2.75, 3.05) is 19.0 Å². The van der Waals surface area contributed by atoms with E-state index in [1.165, 1.54) is 18.4 Å². The Balaban J connectivity index is 1.90. The minimum absolute atomic E-state index is 0.0158. The van der Waals surface area contributed by atoms with Crippen LogP contribution in [0.15, 0.2) is 35.7 Å². The summed E-state index contributed by atoms with van der Waals surface area (Å²) in [5.74, 6) is 0.319. The van der Waals surface area contributed by atoms with E-state index in [9.17, 15) is 4.79 Å². The first-order chi connectivity index (χ1) is 11.6. The van der Waals surface area contributed by atoms with Crippen molar-refractivity contribution < 1.29 is 9.53 Å². The zero-order chi connectivity index (χ0) is 17.1. The molecule has 2 aromatic heterocycles. The van der Waals surface area contributed by atoms with Crippen LogP contribution in [0.2, 0.25) is 5.02 Å². The van der Waals surface area contributed by atoms with Crippen molar-refractivity contribution >= 4 is 34.7 Å². The van der Waals surface area contributed by atoms with Crippen molar-refractivity contribution in [3.8, 4) is 16.4 Å². The number of amides is 1. The number of thiazole rings is 1. The number of halogens is 1. The van der Waals surface area contributed by atoms with Gasteiger partial charge >= 0.3 is 0 Å². The monoisotopic (exact) mass is 362 g/mol. The van der Waals surface area contributed by atoms with E-state index in [0.717, 1.165) is 17.0 Å². The average Bonchev–Trinajstić information content (AvgIpc) is 3.15. The van der Waals surface area contributed by atoms with Gasteiger partial charge in [-0.15, -0.1) is 11.3 Å². The molecule has 0 bridgehead atoms. The van der Waals surface area contributed by atoms with Crippen molar-refractivity contribution in [1.82, 2.24) is 14.8 Å². The van der Waals surface area contributed by atoms with Crippen LogP contribution in [-0.4, -0.2) is 34.4 Å². The molecule has 0 spiro atoms. The number of anilines is 1. The highest BCUT2D eigenvalue weighted by molar-refractivity contribution is 7.12. The van der Waals surface area contributed by atoms with Gasteiger partial charge in [-0.1, -0.05) is 23.7 Å². The number of benzene rings is 1. The number of aromatic nitrogens is 3. The predicted molar refractivity (Wildman–Crippen MR) is 94.9 cm³/mol. The quantitative estimate of drug-likeness (QED) is 0.753. The lowest BCUT2D eigenvalue weighted by Gasteiger charge is -2.05. The molecule has 1 amide bonds. The van der Waals surface area contributed by atoms with Crippen LogP contribution in [0.3, 0.4) is 0 Å². The second kappa shape index (κ2) is 7.12. The molecule has 1 aromatic carbocycles. The molecule has 0 saturated heterocycles. The maximum atomic E-state index is 11.8. The molecular weight excluding hydrogens is 348 g/mol. The summed E-state index contributed by atoms with van der Waals surface area (Å²) in [5.41, 5.74) is 2.58. The van der Waals surface area contributed by atoms with Crippen LogP contribution >= 0.6 is 22.9 Å². The molecule has 24 heavy (non-hydrogen) atoms. The van der Waals surface area contributed by atoms with Crippen LogP contribution in [0.25, 0.3) is 16.4 Å². The number of nitrogens with zero attached hydrogens (tertiary/aromatic N) is 3. The van der Waals surface area contributed by atoms with E-state index < -0.39 is 0 Å². The fourth-order valence-electron chi connectivity index (χ4n) is 2.16. The summed E-state index contributed by atoms with van der Waals surface area (Å²) in [6, 6.07) is 9.26. The maximum Gasteiger partial charge on any atom is 0.251 e. The van der Waals surface area contributed by atoms with Gasteiger partial charge in [-0.2, -0.15) is 9.78 Å². The number of carbonyl (C=O) groups is 1. The van der Waals surface area contributed by atoms with Crippen molar-refractivity contribution in [3.05, 3.63) is 46.4 Å². The minimum Gasteiger partial charge on any atom is -0.375 e. The third-order valence-corrected chi connectivity index (χ3v) is 4.26. The van der Waals surface area contributed by atoms with E-state index in [4.69, 9.17) is 16.3 Å². The number of methoxy groups -OCH3 is 1. The molecule has 6 nitrogen and oxygen atoms in total. The molecule has 3 aromatic rings. The molecule has 0 aliphatic rings. The largest absolute Gasteiger partial charge is 0.375 e. The molecule has 124 valence electrons. The van der Waals surface area contributed by atoms with Gasteiger partial charge in [0.15, 0.2) is 0 Å². The number of carbonyl (C=O) groups excluding carboxylic acids is 1. The summed E-state index contributed by atoms with van der Waals surface area (Å²) in [5, 5.41) is 10.5. The van der Waals surface area contributed by atoms with Gasteiger partial charge in [-0.25, -0.2) is 4.98 Å². The van der Waals surface area contributed by atoms with Gasteiger partial charge in [0.1, 0.15) is 12.4 Å². The zero-order valence-corrected chi connectivity index (χ0v) is 14.7. The lowest BCUT2D eigenvalue weighted by molar-refractivity contribution is -0.119. The fourth-order valence-corrected chi connectivity index (χ4v) is 3.08. The number of hydrogen-bond acceptors (Lipinski definition) is 5. The highest BCUT2D eigenvalue weighted by Crippen LogP contribution is 2.27. The van der Waals surface area contributed by atoms with Crippen molar-refractivity contribution in [2.24, 2.45) is 0 Å². The van der Waals surface area contributed by atoms with Crippen LogP contribution in [0, 0.1) is 6.92 Å². The summed E-state index contributed by atoms with van der Waals surface area (Å²) < 4.78 is 6.45. The number of nitrogens with one attached hydrogen (secondary N) is 1. The Kier molecular flexibility index (Phi) is 4.94. The van der Waals surface area contributed by atoms with Crippen molar-refractivity contribution in [2.45, 2.75) is 6.92 Å². The van der Waals surface area contributed by atoms with Gasteiger partial charge in [0.25, 0.3) is 5.91 Å². The summed E-state index contributed by atoms with van der Waals surface area (Å²) >= 11 is 7.36. The van der Waals surface area contributed by atoms with Gasteiger partial charge in [0.05, 0.1) is 11.4 Å². The van der Waals surface area contributed by atoms with Crippen molar-refractivity contribution in [1.29, 1.82) is 0 Å². The Morgan fingerprint density at radius 2 is 2.12 bits per heavy atom. The van der Waals surface area contributed by atoms with Crippen LogP contribution in [0.4, 0.5) is 5.82 Å². The lowest BCUT2D eigenvalue weighted by Crippen LogP contribution is -2.19. The number of rotatable bonds is 5. The van der Waals surface area contributed by atoms with Gasteiger partial charge in [-0.3, -0.25) is 4.79 Å². The van der Waals surface area contributed by atoms with Gasteiger partial charge < -0.3 is 10.1 Å². The second-order valence-electron chi connectivity index (χ2n) is 5.09. The second-order valence-corrected chi connectivity index (χ2v) is 6.36. The molecule has 0 atom stereocenters. The molecule has 0 saturated carbocycles. The van der Waals surface area contributed by atoms with Gasteiger partial charge in [0.2, 0.25) is 5.13 Å². The summed E-state index contributed by atoms with van der Waals surface area (Å²) in [6.45, 7) is 1.84. The standard InChI is InChI=1S/C16H15ClN4O2S/c1-10-7-14(19-15(22)8-23-2)21(20-10)16-18-13(9-24-16)11-3-5-12(17)6-4-11/h3-7,9H,8H2,1-2H3,(H,19,22). The molecule has 3 rings (SSSR count). The molecule has 8 heteroatoms. The Morgan fingerprint density at radius 1 is 1.38 bits per heavy atom. The van der Waals surface area contributed by atoms with Gasteiger partial charge in [-0.05, 0) is 19.1 Å². The summed E-state index contributed by atoms with van der Waals surface area (Å²) in [6.07, 6.45) is 0. The first-order valence-electron chi connectivity index (χ1n) is 7.14. The number of aryl methyl sites for hydroxylation is 1. The Morgan fingerprint density at radius 3 is 2.83 bits per heavy atom. The summed E-state index contributed by atoms with van der Waals surface area (Å²) in [7, 11) is 1.47. The van der Waals surface area contributed by atoms with E-state index >= 15 is 0 Å². The SMILES string of the molecule is COCC(=O)Nc1cc(C)nn1-c1nc(-c2ccc(Cl)cc2)cs1. The Labute approximate surface area is 148 Å². The Hall–Kier alpha value is -2.22. The van der Waals surface area contributed by atoms with E-state index in [0.29, 0.717) is 16.0 Å². The highest BCUT2D eigenvalue weighted by Gasteiger charge is 2.14. The van der Waals surface area contributed by atoms with Crippen molar-refractivity contribution in [3.63, 3.8) is 0 Å². The molecule has 0 unspecified atom stereocenters. The van der Waals surface area contributed by atoms with E-state index in [-0.39, 0.29) is 12.5 Å². The maximum absolute atomic E-state index is 11.8. The first-order valence-corrected chi connectivity index (χ1v) is 8.40. The molecule has 2 heterocycles. The summed E-state index contributed by atoms with van der Waals surface area (Å²) in [4.78, 5) is 16.4. The molecule has 0 fully saturated rings. The topological polar surface area (TPSA) is 69.0 Å². The zero-order valence-electron chi connectivity index (χ0n) is 13.1. The molecule has 1 N–H and O–H groups in total. The molecule has 0 radical (unpaired) electrons. The number of ether oxygens (including phenoxy) is 1. The fraction of sp³-hybridized carbons (Fsp3) is 0.188. The third-order valence-electron chi connectivity index (χ3n) is 3.19. The van der Waals surface area contributed by atoms with Gasteiger partial charge in [0, 0.05) is 29.1 Å². The van der Waals surface area contributed by atoms with Crippen LogP contribution in [0.1, 0.15) is 5.69 Å². The predicted octanol–water partition coefficient (Wildman–Crippen LogP) is 3.54. The van der Waals surface area contributed by atoms with E-state index in [2.05, 4.69) is 15.4 Å². The smallest absolute Gasteiger partial charge is 0.251 e. The van der Waals surface area contributed by atoms with Crippen LogP contribution in [0.5, 0.6) is 0 Å². The van der Waals surface area contributed by atoms with E-state index in [1.54, 1.807) is 10.7 Å². The van der Waals surface area contributed by atoms with Crippen LogP contribution in [-0.2, 0) is 9.53 Å². The van der Waals surface area contributed by atoms with E-state index in [1.807, 2.05) is 36.6 Å². The average molecular weight is 363 g/mol. The Bertz CT molecular complexity index is 857. The first kappa shape index (κ1) is 16.6. The lowest BCUT2D eigenvalue weighted by atomic mass is 10.2. The normalized spacial score (nSPS) is 10.8. The third kappa shape index (κ3) is 3.64.